The Morgan fingerprint density at radius 2 is 1.95 bits per heavy atom. The smallest absolute Gasteiger partial charge is 0.341 e. The molecule has 0 atom stereocenters. The first-order chi connectivity index (χ1) is 9.36. The number of hydrogen-bond donors (Lipinski definition) is 1. The van der Waals surface area contributed by atoms with Gasteiger partial charge in [-0.3, -0.25) is 4.79 Å². The summed E-state index contributed by atoms with van der Waals surface area (Å²) in [6.45, 7) is 0.673. The van der Waals surface area contributed by atoms with Crippen LogP contribution in [0.3, 0.4) is 0 Å². The lowest BCUT2D eigenvalue weighted by atomic mass is 10.1. The highest BCUT2D eigenvalue weighted by molar-refractivity contribution is 5.75. The van der Waals surface area contributed by atoms with E-state index in [-0.39, 0.29) is 18.0 Å². The van der Waals surface area contributed by atoms with E-state index in [4.69, 9.17) is 0 Å². The van der Waals surface area contributed by atoms with Crippen LogP contribution >= 0.6 is 0 Å². The van der Waals surface area contributed by atoms with Gasteiger partial charge in [0.15, 0.2) is 0 Å². The Bertz CT molecular complexity index is 446. The number of nitrogens with one attached hydrogen (secondary N) is 1. The maximum absolute atomic E-state index is 12.8. The Hall–Kier alpha value is -1.56. The maximum atomic E-state index is 12.8. The van der Waals surface area contributed by atoms with Gasteiger partial charge in [0.25, 0.3) is 0 Å². The lowest BCUT2D eigenvalue weighted by molar-refractivity contribution is -0.139. The van der Waals surface area contributed by atoms with E-state index in [9.17, 15) is 18.0 Å². The Balaban J connectivity index is 2.71. The summed E-state index contributed by atoms with van der Waals surface area (Å²) in [5.41, 5.74) is -0.570. The molecule has 1 amide bonds. The Morgan fingerprint density at radius 1 is 1.30 bits per heavy atom. The Kier molecular flexibility index (Phi) is 6.01. The molecule has 1 N–H and O–H groups in total. The molecule has 0 aromatic heterocycles. The summed E-state index contributed by atoms with van der Waals surface area (Å²) < 4.78 is 38.5. The topological polar surface area (TPSA) is 32.3 Å². The van der Waals surface area contributed by atoms with Crippen molar-refractivity contribution in [2.24, 2.45) is 0 Å². The molecule has 1 rings (SSSR count). The zero-order valence-electron chi connectivity index (χ0n) is 11.6. The maximum Gasteiger partial charge on any atom is 0.416 e. The number of halogens is 3. The van der Waals surface area contributed by atoms with Gasteiger partial charge in [-0.1, -0.05) is 18.2 Å². The number of amides is 1. The van der Waals surface area contributed by atoms with E-state index in [1.54, 1.807) is 13.1 Å². The van der Waals surface area contributed by atoms with Gasteiger partial charge in [0.1, 0.15) is 0 Å². The molecule has 0 spiro atoms. The summed E-state index contributed by atoms with van der Waals surface area (Å²) in [6, 6.07) is 5.33. The third-order valence-corrected chi connectivity index (χ3v) is 2.97. The molecule has 0 saturated carbocycles. The molecule has 6 heteroatoms. The van der Waals surface area contributed by atoms with Gasteiger partial charge in [0.05, 0.1) is 5.56 Å². The van der Waals surface area contributed by atoms with E-state index in [1.807, 2.05) is 0 Å². The van der Waals surface area contributed by atoms with Crippen LogP contribution in [0.1, 0.15) is 24.0 Å². The molecule has 112 valence electrons. The SMILES string of the molecule is CNCCCC(=O)N(C)Cc1ccccc1C(F)(F)F. The molecule has 0 aliphatic carbocycles. The quantitative estimate of drug-likeness (QED) is 0.816. The molecule has 0 radical (unpaired) electrons. The van der Waals surface area contributed by atoms with Gasteiger partial charge in [-0.15, -0.1) is 0 Å². The van der Waals surface area contributed by atoms with Gasteiger partial charge in [-0.05, 0) is 31.6 Å². The number of alkyl halides is 3. The van der Waals surface area contributed by atoms with Crippen LogP contribution in [0.4, 0.5) is 13.2 Å². The lowest BCUT2D eigenvalue weighted by Crippen LogP contribution is -2.28. The average Bonchev–Trinajstić information content (AvgIpc) is 2.38. The highest BCUT2D eigenvalue weighted by Crippen LogP contribution is 2.32. The molecule has 0 aliphatic rings. The molecule has 20 heavy (non-hydrogen) atoms. The summed E-state index contributed by atoms with van der Waals surface area (Å²) in [7, 11) is 3.31. The molecule has 0 saturated heterocycles. The van der Waals surface area contributed by atoms with Crippen LogP contribution < -0.4 is 5.32 Å². The van der Waals surface area contributed by atoms with Gasteiger partial charge < -0.3 is 10.2 Å². The minimum absolute atomic E-state index is 0.0337. The van der Waals surface area contributed by atoms with Crippen molar-refractivity contribution in [1.82, 2.24) is 10.2 Å². The van der Waals surface area contributed by atoms with Crippen LogP contribution in [-0.2, 0) is 17.5 Å². The van der Waals surface area contributed by atoms with Crippen LogP contribution in [0.25, 0.3) is 0 Å². The second-order valence-electron chi connectivity index (χ2n) is 4.61. The van der Waals surface area contributed by atoms with Gasteiger partial charge in [-0.2, -0.15) is 13.2 Å². The second kappa shape index (κ2) is 7.28. The third kappa shape index (κ3) is 4.85. The lowest BCUT2D eigenvalue weighted by Gasteiger charge is -2.20. The van der Waals surface area contributed by atoms with E-state index in [0.29, 0.717) is 19.4 Å². The number of carbonyl (C=O) groups is 1. The number of hydrogen-bond acceptors (Lipinski definition) is 2. The van der Waals surface area contributed by atoms with Crippen molar-refractivity contribution in [2.45, 2.75) is 25.6 Å². The van der Waals surface area contributed by atoms with Gasteiger partial charge in [0, 0.05) is 20.0 Å². The zero-order chi connectivity index (χ0) is 15.2. The predicted octanol–water partition coefficient (Wildman–Crippen LogP) is 2.66. The van der Waals surface area contributed by atoms with Crippen LogP contribution in [0.5, 0.6) is 0 Å². The van der Waals surface area contributed by atoms with E-state index in [2.05, 4.69) is 5.32 Å². The van der Waals surface area contributed by atoms with Crippen LogP contribution in [-0.4, -0.2) is 31.4 Å². The van der Waals surface area contributed by atoms with E-state index in [0.717, 1.165) is 6.07 Å². The average molecular weight is 288 g/mol. The predicted molar refractivity (Wildman–Crippen MR) is 71.1 cm³/mol. The number of nitrogens with zero attached hydrogens (tertiary/aromatic N) is 1. The van der Waals surface area contributed by atoms with Crippen molar-refractivity contribution in [1.29, 1.82) is 0 Å². The summed E-state index contributed by atoms with van der Waals surface area (Å²) in [5, 5.41) is 2.92. The van der Waals surface area contributed by atoms with Crippen molar-refractivity contribution >= 4 is 5.91 Å². The van der Waals surface area contributed by atoms with Crippen molar-refractivity contribution in [3.05, 3.63) is 35.4 Å². The molecule has 0 bridgehead atoms. The number of carbonyl (C=O) groups excluding carboxylic acids is 1. The fraction of sp³-hybridized carbons (Fsp3) is 0.500. The molecule has 3 nitrogen and oxygen atoms in total. The van der Waals surface area contributed by atoms with Gasteiger partial charge >= 0.3 is 6.18 Å². The van der Waals surface area contributed by atoms with E-state index in [1.165, 1.54) is 24.1 Å². The first kappa shape index (κ1) is 16.5. The van der Waals surface area contributed by atoms with Crippen molar-refractivity contribution in [3.8, 4) is 0 Å². The normalized spacial score (nSPS) is 11.4. The summed E-state index contributed by atoms with van der Waals surface area (Å²) in [4.78, 5) is 13.1. The minimum atomic E-state index is -4.40. The van der Waals surface area contributed by atoms with Crippen LogP contribution in [0.15, 0.2) is 24.3 Å². The minimum Gasteiger partial charge on any atom is -0.341 e. The van der Waals surface area contributed by atoms with Crippen molar-refractivity contribution in [3.63, 3.8) is 0 Å². The molecule has 0 fully saturated rings. The highest BCUT2D eigenvalue weighted by atomic mass is 19.4. The summed E-state index contributed by atoms with van der Waals surface area (Å²) in [6.07, 6.45) is -3.40. The van der Waals surface area contributed by atoms with Crippen molar-refractivity contribution in [2.75, 3.05) is 20.6 Å². The van der Waals surface area contributed by atoms with Crippen LogP contribution in [0.2, 0.25) is 0 Å². The van der Waals surface area contributed by atoms with E-state index >= 15 is 0 Å². The molecule has 1 aromatic carbocycles. The first-order valence-corrected chi connectivity index (χ1v) is 6.40. The number of rotatable bonds is 6. The molecule has 0 unspecified atom stereocenters. The first-order valence-electron chi connectivity index (χ1n) is 6.40. The van der Waals surface area contributed by atoms with Gasteiger partial charge in [0.2, 0.25) is 5.91 Å². The Labute approximate surface area is 116 Å². The fourth-order valence-corrected chi connectivity index (χ4v) is 1.89. The second-order valence-corrected chi connectivity index (χ2v) is 4.61. The molecule has 1 aromatic rings. The summed E-state index contributed by atoms with van der Waals surface area (Å²) >= 11 is 0. The summed E-state index contributed by atoms with van der Waals surface area (Å²) in [5.74, 6) is -0.155. The number of benzene rings is 1. The zero-order valence-corrected chi connectivity index (χ0v) is 11.6. The monoisotopic (exact) mass is 288 g/mol. The van der Waals surface area contributed by atoms with E-state index < -0.39 is 11.7 Å². The largest absolute Gasteiger partial charge is 0.416 e. The molecular formula is C14H19F3N2O. The van der Waals surface area contributed by atoms with Gasteiger partial charge in [-0.25, -0.2) is 0 Å². The highest BCUT2D eigenvalue weighted by Gasteiger charge is 2.33. The fourth-order valence-electron chi connectivity index (χ4n) is 1.89. The standard InChI is InChI=1S/C14H19F3N2O/c1-18-9-5-8-13(20)19(2)10-11-6-3-4-7-12(11)14(15,16)17/h3-4,6-7,18H,5,8-10H2,1-2H3. The third-order valence-electron chi connectivity index (χ3n) is 2.97. The molecule has 0 heterocycles. The molecular weight excluding hydrogens is 269 g/mol. The van der Waals surface area contributed by atoms with Crippen LogP contribution in [0, 0.1) is 0 Å². The Morgan fingerprint density at radius 3 is 2.55 bits per heavy atom. The molecule has 0 aliphatic heterocycles. The van der Waals surface area contributed by atoms with Crippen molar-refractivity contribution < 1.29 is 18.0 Å².